The third-order valence-corrected chi connectivity index (χ3v) is 3.74. The quantitative estimate of drug-likeness (QED) is 0.746. The molecule has 0 fully saturated rings. The number of nitrogens with one attached hydrogen (secondary N) is 2. The van der Waals surface area contributed by atoms with Crippen LogP contribution >= 0.6 is 0 Å². The first-order valence-electron chi connectivity index (χ1n) is 7.12. The maximum absolute atomic E-state index is 3.99. The lowest BCUT2D eigenvalue weighted by molar-refractivity contribution is 1.09. The number of rotatable bonds is 4. The minimum Gasteiger partial charge on any atom is -0.381 e. The molecule has 1 heterocycles. The first kappa shape index (κ1) is 13.4. The Morgan fingerprint density at radius 3 is 2.67 bits per heavy atom. The highest BCUT2D eigenvalue weighted by Gasteiger charge is 2.01. The van der Waals surface area contributed by atoms with Gasteiger partial charge in [-0.3, -0.25) is 5.10 Å². The van der Waals surface area contributed by atoms with Crippen molar-refractivity contribution in [3.8, 4) is 11.3 Å². The third-order valence-electron chi connectivity index (χ3n) is 3.74. The van der Waals surface area contributed by atoms with E-state index < -0.39 is 0 Å². The Hall–Kier alpha value is -2.55. The van der Waals surface area contributed by atoms with Crippen LogP contribution in [0.25, 0.3) is 11.3 Å². The maximum atomic E-state index is 3.99. The lowest BCUT2D eigenvalue weighted by Crippen LogP contribution is -2.00. The molecular formula is C18H19N3. The molecule has 3 aromatic rings. The number of H-pyrrole nitrogens is 1. The van der Waals surface area contributed by atoms with Crippen molar-refractivity contribution in [1.29, 1.82) is 0 Å². The summed E-state index contributed by atoms with van der Waals surface area (Å²) in [4.78, 5) is 0. The summed E-state index contributed by atoms with van der Waals surface area (Å²) in [6.07, 6.45) is 1.77. The molecule has 21 heavy (non-hydrogen) atoms. The molecule has 0 unspecified atom stereocenters. The van der Waals surface area contributed by atoms with Gasteiger partial charge in [0.25, 0.3) is 0 Å². The Morgan fingerprint density at radius 1 is 1.00 bits per heavy atom. The Kier molecular flexibility index (Phi) is 3.73. The highest BCUT2D eigenvalue weighted by Crippen LogP contribution is 2.21. The van der Waals surface area contributed by atoms with Gasteiger partial charge in [0.2, 0.25) is 0 Å². The number of anilines is 1. The average Bonchev–Trinajstić information content (AvgIpc) is 3.03. The zero-order chi connectivity index (χ0) is 14.7. The van der Waals surface area contributed by atoms with E-state index in [4.69, 9.17) is 0 Å². The average molecular weight is 277 g/mol. The van der Waals surface area contributed by atoms with Gasteiger partial charge in [0.1, 0.15) is 0 Å². The first-order chi connectivity index (χ1) is 10.2. The minimum atomic E-state index is 0.827. The van der Waals surface area contributed by atoms with Crippen LogP contribution in [0.3, 0.4) is 0 Å². The molecule has 0 saturated carbocycles. The number of hydrogen-bond acceptors (Lipinski definition) is 2. The van der Waals surface area contributed by atoms with Gasteiger partial charge in [-0.2, -0.15) is 5.10 Å². The van der Waals surface area contributed by atoms with Gasteiger partial charge in [-0.05, 0) is 48.7 Å². The second kappa shape index (κ2) is 5.83. The number of aromatic amines is 1. The van der Waals surface area contributed by atoms with Crippen molar-refractivity contribution in [3.63, 3.8) is 0 Å². The first-order valence-corrected chi connectivity index (χ1v) is 7.12. The summed E-state index contributed by atoms with van der Waals surface area (Å²) in [5.41, 5.74) is 7.24. The van der Waals surface area contributed by atoms with Gasteiger partial charge in [-0.25, -0.2) is 0 Å². The molecule has 3 heteroatoms. The van der Waals surface area contributed by atoms with Gasteiger partial charge >= 0.3 is 0 Å². The molecule has 0 aliphatic carbocycles. The van der Waals surface area contributed by atoms with E-state index in [1.807, 2.05) is 6.07 Å². The van der Waals surface area contributed by atoms with Crippen molar-refractivity contribution in [2.75, 3.05) is 5.32 Å². The fraction of sp³-hybridized carbons (Fsp3) is 0.167. The lowest BCUT2D eigenvalue weighted by atomic mass is 10.1. The smallest absolute Gasteiger partial charge is 0.0650 e. The minimum absolute atomic E-state index is 0.827. The van der Waals surface area contributed by atoms with Crippen molar-refractivity contribution >= 4 is 5.69 Å². The van der Waals surface area contributed by atoms with E-state index in [0.717, 1.165) is 23.5 Å². The van der Waals surface area contributed by atoms with Crippen LogP contribution in [0.15, 0.2) is 54.7 Å². The number of nitrogens with zero attached hydrogens (tertiary/aromatic N) is 1. The Labute approximate surface area is 125 Å². The highest BCUT2D eigenvalue weighted by molar-refractivity contribution is 5.64. The molecule has 2 aromatic carbocycles. The molecule has 1 aromatic heterocycles. The molecule has 0 bridgehead atoms. The number of aromatic nitrogens is 2. The van der Waals surface area contributed by atoms with Crippen LogP contribution in [0.4, 0.5) is 5.69 Å². The fourth-order valence-corrected chi connectivity index (χ4v) is 2.33. The molecule has 3 rings (SSSR count). The summed E-state index contributed by atoms with van der Waals surface area (Å²) in [6.45, 7) is 5.12. The van der Waals surface area contributed by atoms with E-state index in [1.54, 1.807) is 6.20 Å². The summed E-state index contributed by atoms with van der Waals surface area (Å²) in [7, 11) is 0. The Bertz CT molecular complexity index is 730. The molecule has 0 aliphatic heterocycles. The zero-order valence-corrected chi connectivity index (χ0v) is 12.4. The molecule has 0 amide bonds. The molecule has 0 aliphatic rings. The topological polar surface area (TPSA) is 40.7 Å². The van der Waals surface area contributed by atoms with Crippen LogP contribution in [0.5, 0.6) is 0 Å². The molecule has 0 atom stereocenters. The predicted molar refractivity (Wildman–Crippen MR) is 87.3 cm³/mol. The molecule has 0 spiro atoms. The van der Waals surface area contributed by atoms with E-state index in [0.29, 0.717) is 0 Å². The summed E-state index contributed by atoms with van der Waals surface area (Å²) >= 11 is 0. The molecular weight excluding hydrogens is 258 g/mol. The monoisotopic (exact) mass is 277 g/mol. The van der Waals surface area contributed by atoms with Crippen LogP contribution in [0.2, 0.25) is 0 Å². The summed E-state index contributed by atoms with van der Waals surface area (Å²) in [5.74, 6) is 0. The van der Waals surface area contributed by atoms with E-state index in [1.165, 1.54) is 16.7 Å². The van der Waals surface area contributed by atoms with E-state index in [9.17, 15) is 0 Å². The molecule has 106 valence electrons. The van der Waals surface area contributed by atoms with Gasteiger partial charge < -0.3 is 5.32 Å². The van der Waals surface area contributed by atoms with Gasteiger partial charge in [0.05, 0.1) is 5.69 Å². The van der Waals surface area contributed by atoms with Gasteiger partial charge in [-0.1, -0.05) is 30.3 Å². The van der Waals surface area contributed by atoms with Crippen LogP contribution < -0.4 is 5.32 Å². The second-order valence-corrected chi connectivity index (χ2v) is 5.32. The van der Waals surface area contributed by atoms with Gasteiger partial charge in [0.15, 0.2) is 0 Å². The number of hydrogen-bond donors (Lipinski definition) is 2. The van der Waals surface area contributed by atoms with Crippen molar-refractivity contribution in [2.24, 2.45) is 0 Å². The van der Waals surface area contributed by atoms with Crippen molar-refractivity contribution < 1.29 is 0 Å². The third kappa shape index (κ3) is 3.14. The largest absolute Gasteiger partial charge is 0.381 e. The van der Waals surface area contributed by atoms with Crippen molar-refractivity contribution in [1.82, 2.24) is 10.2 Å². The van der Waals surface area contributed by atoms with E-state index in [2.05, 4.69) is 71.8 Å². The summed E-state index contributed by atoms with van der Waals surface area (Å²) in [5, 5.41) is 10.5. The van der Waals surface area contributed by atoms with Crippen LogP contribution in [0.1, 0.15) is 16.7 Å². The second-order valence-electron chi connectivity index (χ2n) is 5.32. The van der Waals surface area contributed by atoms with E-state index >= 15 is 0 Å². The summed E-state index contributed by atoms with van der Waals surface area (Å²) < 4.78 is 0. The van der Waals surface area contributed by atoms with Gasteiger partial charge in [0, 0.05) is 24.0 Å². The molecule has 3 nitrogen and oxygen atoms in total. The normalized spacial score (nSPS) is 10.6. The lowest BCUT2D eigenvalue weighted by Gasteiger charge is -2.09. The van der Waals surface area contributed by atoms with E-state index in [-0.39, 0.29) is 0 Å². The van der Waals surface area contributed by atoms with Gasteiger partial charge in [-0.15, -0.1) is 0 Å². The summed E-state index contributed by atoms with van der Waals surface area (Å²) in [6, 6.07) is 16.9. The SMILES string of the molecule is Cc1ccc(CNc2cccc(-c3ccn[nH]3)c2)cc1C. The Morgan fingerprint density at radius 2 is 1.90 bits per heavy atom. The number of benzene rings is 2. The fourth-order valence-electron chi connectivity index (χ4n) is 2.33. The molecule has 0 saturated heterocycles. The van der Waals surface area contributed by atoms with Crippen LogP contribution in [0, 0.1) is 13.8 Å². The predicted octanol–water partition coefficient (Wildman–Crippen LogP) is 4.31. The molecule has 2 N–H and O–H groups in total. The maximum Gasteiger partial charge on any atom is 0.0650 e. The van der Waals surface area contributed by atoms with Crippen LogP contribution in [-0.2, 0) is 6.54 Å². The zero-order valence-electron chi connectivity index (χ0n) is 12.4. The number of aryl methyl sites for hydroxylation is 2. The van der Waals surface area contributed by atoms with Crippen LogP contribution in [-0.4, -0.2) is 10.2 Å². The highest BCUT2D eigenvalue weighted by atomic mass is 15.1. The standard InChI is InChI=1S/C18H19N3/c1-13-6-7-15(10-14(13)2)12-19-17-5-3-4-16(11-17)18-8-9-20-21-18/h3-11,19H,12H2,1-2H3,(H,20,21). The Balaban J connectivity index is 1.73. The molecule has 0 radical (unpaired) electrons. The van der Waals surface area contributed by atoms with Crippen molar-refractivity contribution in [2.45, 2.75) is 20.4 Å². The van der Waals surface area contributed by atoms with Crippen molar-refractivity contribution in [3.05, 3.63) is 71.4 Å².